The average Bonchev–Trinajstić information content (AvgIpc) is 3.19. The second-order valence-corrected chi connectivity index (χ2v) is 25.9. The molecular weight excluding hydrogens is 865 g/mol. The van der Waals surface area contributed by atoms with Crippen LogP contribution in [-0.4, -0.2) is 160 Å². The van der Waals surface area contributed by atoms with Crippen LogP contribution in [0.1, 0.15) is 100 Å². The molecule has 0 radical (unpaired) electrons. The van der Waals surface area contributed by atoms with Crippen LogP contribution in [-0.2, 0) is 0 Å². The lowest BCUT2D eigenvalue weighted by atomic mass is 9.77. The van der Waals surface area contributed by atoms with E-state index in [0.717, 1.165) is 75.4 Å². The summed E-state index contributed by atoms with van der Waals surface area (Å²) in [5, 5.41) is 66.2. The molecule has 7 nitrogen and oxygen atoms in total. The van der Waals surface area contributed by atoms with E-state index in [1.807, 2.05) is 82.3 Å². The van der Waals surface area contributed by atoms with Gasteiger partial charge in [0.15, 0.2) is 0 Å². The largest absolute Gasteiger partial charge is 0.396 e. The van der Waals surface area contributed by atoms with Gasteiger partial charge in [0.05, 0.1) is 46.2 Å². The average molecular weight is 956 g/mol. The third-order valence-corrected chi connectivity index (χ3v) is 21.2. The number of rotatable bonds is 30. The Hall–Kier alpha value is 2.17. The molecule has 0 heterocycles. The SMILES string of the molecule is CC(C)C(CCC(CCSCCO)CSCCO)SCCO.CC(C)C1CC(SCCO)C(C)CC1SCCO.CC(C)C1CCC(C)C(SCCO)C1SCCO. The predicted molar refractivity (Wildman–Crippen MR) is 271 cm³/mol. The van der Waals surface area contributed by atoms with Gasteiger partial charge in [-0.15, -0.1) is 0 Å². The molecule has 0 aromatic rings. The van der Waals surface area contributed by atoms with Gasteiger partial charge < -0.3 is 35.7 Å². The van der Waals surface area contributed by atoms with Crippen molar-refractivity contribution in [3.8, 4) is 0 Å². The minimum Gasteiger partial charge on any atom is -0.396 e. The van der Waals surface area contributed by atoms with Crippen LogP contribution in [0, 0.1) is 47.3 Å². The minimum atomic E-state index is 0.262. The lowest BCUT2D eigenvalue weighted by molar-refractivity contribution is 0.250. The van der Waals surface area contributed by atoms with Gasteiger partial charge in [0, 0.05) is 66.5 Å². The van der Waals surface area contributed by atoms with Gasteiger partial charge in [0.2, 0.25) is 0 Å². The molecule has 10 atom stereocenters. The van der Waals surface area contributed by atoms with Gasteiger partial charge in [-0.05, 0) is 104 Å². The molecule has 2 rings (SSSR count). The molecule has 2 aliphatic rings. The molecular formula is C44H90O7S7. The van der Waals surface area contributed by atoms with E-state index in [2.05, 4.69) is 55.4 Å². The Labute approximate surface area is 387 Å². The molecule has 0 spiro atoms. The molecule has 0 saturated heterocycles. The first kappa shape index (κ1) is 60.2. The Balaban J connectivity index is 0.000000845. The van der Waals surface area contributed by atoms with E-state index in [1.165, 1.54) is 44.9 Å². The molecule has 2 fully saturated rings. The Kier molecular flexibility index (Phi) is 41.0. The molecule has 0 aromatic carbocycles. The molecule has 10 unspecified atom stereocenters. The zero-order valence-corrected chi connectivity index (χ0v) is 43.5. The molecule has 2 aliphatic carbocycles. The van der Waals surface area contributed by atoms with Crippen molar-refractivity contribution in [3.05, 3.63) is 0 Å². The number of thioether (sulfide) groups is 7. The van der Waals surface area contributed by atoms with Crippen LogP contribution in [0.15, 0.2) is 0 Å². The summed E-state index contributed by atoms with van der Waals surface area (Å²) in [6.45, 7) is 20.4. The molecule has 0 aromatic heterocycles. The quantitative estimate of drug-likeness (QED) is 0.0345. The first-order chi connectivity index (χ1) is 27.9. The minimum absolute atomic E-state index is 0.262. The van der Waals surface area contributed by atoms with Gasteiger partial charge in [-0.2, -0.15) is 82.3 Å². The zero-order valence-electron chi connectivity index (χ0n) is 37.8. The highest BCUT2D eigenvalue weighted by Crippen LogP contribution is 2.46. The van der Waals surface area contributed by atoms with Gasteiger partial charge in [0.25, 0.3) is 0 Å². The number of hydrogen-bond acceptors (Lipinski definition) is 14. The van der Waals surface area contributed by atoms with Crippen LogP contribution in [0.3, 0.4) is 0 Å². The van der Waals surface area contributed by atoms with E-state index in [0.29, 0.717) is 63.1 Å². The van der Waals surface area contributed by atoms with Crippen LogP contribution in [0.25, 0.3) is 0 Å². The second kappa shape index (κ2) is 39.5. The summed E-state index contributed by atoms with van der Waals surface area (Å²) in [4.78, 5) is 0. The molecule has 0 bridgehead atoms. The third-order valence-electron chi connectivity index (χ3n) is 11.4. The molecule has 58 heavy (non-hydrogen) atoms. The van der Waals surface area contributed by atoms with Crippen molar-refractivity contribution >= 4 is 82.3 Å². The summed E-state index contributed by atoms with van der Waals surface area (Å²) >= 11 is 13.3. The highest BCUT2D eigenvalue weighted by molar-refractivity contribution is 8.04. The monoisotopic (exact) mass is 954 g/mol. The summed E-state index contributed by atoms with van der Waals surface area (Å²) in [6, 6.07) is 0. The normalized spacial score (nSPS) is 26.0. The predicted octanol–water partition coefficient (Wildman–Crippen LogP) is 8.73. The number of aliphatic hydroxyl groups is 7. The summed E-state index contributed by atoms with van der Waals surface area (Å²) in [5.41, 5.74) is 0. The van der Waals surface area contributed by atoms with E-state index in [-0.39, 0.29) is 33.0 Å². The van der Waals surface area contributed by atoms with Gasteiger partial charge in [-0.25, -0.2) is 0 Å². The summed E-state index contributed by atoms with van der Waals surface area (Å²) in [5.74, 6) is 13.9. The summed E-state index contributed by atoms with van der Waals surface area (Å²) in [7, 11) is 0. The number of hydrogen-bond donors (Lipinski definition) is 7. The van der Waals surface area contributed by atoms with Gasteiger partial charge >= 0.3 is 0 Å². The zero-order chi connectivity index (χ0) is 43.7. The third kappa shape index (κ3) is 27.5. The first-order valence-electron chi connectivity index (χ1n) is 22.4. The van der Waals surface area contributed by atoms with Gasteiger partial charge in [-0.3, -0.25) is 0 Å². The summed E-state index contributed by atoms with van der Waals surface area (Å²) in [6.07, 6.45) is 8.78. The summed E-state index contributed by atoms with van der Waals surface area (Å²) < 4.78 is 0. The standard InChI is InChI=1S/C16H34O3S3.2C14H28O2S2/c1-14(2)16(22-12-8-19)4-3-15(13-21-11-7-18)5-9-20-10-6-17;1-10(2)12-9-13(17-6-4-15)11(3)8-14(12)18-7-5-16;1-10(2)12-5-4-11(3)13(17-8-6-15)14(12)18-9-7-16/h14-19H,3-13H2,1-2H3;2*10-16H,4-9H2,1-3H3. The van der Waals surface area contributed by atoms with Crippen LogP contribution in [0.5, 0.6) is 0 Å². The molecule has 14 heteroatoms. The van der Waals surface area contributed by atoms with E-state index in [4.69, 9.17) is 35.7 Å². The molecule has 350 valence electrons. The van der Waals surface area contributed by atoms with E-state index in [1.54, 1.807) is 0 Å². The Morgan fingerprint density at radius 3 is 1.52 bits per heavy atom. The smallest absolute Gasteiger partial charge is 0.0521 e. The van der Waals surface area contributed by atoms with E-state index in [9.17, 15) is 0 Å². The highest BCUT2D eigenvalue weighted by Gasteiger charge is 2.39. The lowest BCUT2D eigenvalue weighted by Gasteiger charge is -2.43. The maximum absolute atomic E-state index is 9.08. The first-order valence-corrected chi connectivity index (χ1v) is 29.9. The molecule has 0 aliphatic heterocycles. The Morgan fingerprint density at radius 1 is 0.466 bits per heavy atom. The van der Waals surface area contributed by atoms with Crippen molar-refractivity contribution in [3.63, 3.8) is 0 Å². The van der Waals surface area contributed by atoms with Crippen LogP contribution < -0.4 is 0 Å². The van der Waals surface area contributed by atoms with Crippen molar-refractivity contribution in [1.29, 1.82) is 0 Å². The molecule has 0 amide bonds. The topological polar surface area (TPSA) is 142 Å². The van der Waals surface area contributed by atoms with Gasteiger partial charge in [-0.1, -0.05) is 55.4 Å². The van der Waals surface area contributed by atoms with Crippen molar-refractivity contribution in [2.24, 2.45) is 47.3 Å². The second-order valence-electron chi connectivity index (χ2n) is 16.9. The van der Waals surface area contributed by atoms with E-state index < -0.39 is 0 Å². The Morgan fingerprint density at radius 2 is 0.983 bits per heavy atom. The van der Waals surface area contributed by atoms with Crippen LogP contribution in [0.2, 0.25) is 0 Å². The molecule has 7 N–H and O–H groups in total. The van der Waals surface area contributed by atoms with E-state index >= 15 is 0 Å². The maximum Gasteiger partial charge on any atom is 0.0521 e. The van der Waals surface area contributed by atoms with Crippen molar-refractivity contribution in [2.45, 2.75) is 127 Å². The van der Waals surface area contributed by atoms with Crippen molar-refractivity contribution in [2.75, 3.05) is 98.0 Å². The fourth-order valence-corrected chi connectivity index (χ4v) is 16.9. The lowest BCUT2D eigenvalue weighted by Crippen LogP contribution is -2.41. The van der Waals surface area contributed by atoms with Crippen molar-refractivity contribution in [1.82, 2.24) is 0 Å². The maximum atomic E-state index is 9.08. The van der Waals surface area contributed by atoms with Crippen molar-refractivity contribution < 1.29 is 35.7 Å². The fourth-order valence-electron chi connectivity index (χ4n) is 8.05. The van der Waals surface area contributed by atoms with Gasteiger partial charge in [0.1, 0.15) is 0 Å². The number of aliphatic hydroxyl groups excluding tert-OH is 7. The Bertz CT molecular complexity index is 891. The molecule has 2 saturated carbocycles. The highest BCUT2D eigenvalue weighted by atomic mass is 32.2. The fraction of sp³-hybridized carbons (Fsp3) is 1.00. The van der Waals surface area contributed by atoms with Crippen LogP contribution >= 0.6 is 82.3 Å². The van der Waals surface area contributed by atoms with Crippen LogP contribution in [0.4, 0.5) is 0 Å².